The van der Waals surface area contributed by atoms with Gasteiger partial charge in [-0.25, -0.2) is 0 Å². The molecule has 0 aliphatic heterocycles. The van der Waals surface area contributed by atoms with Gasteiger partial charge in [-0.1, -0.05) is 43.0 Å². The van der Waals surface area contributed by atoms with Crippen molar-refractivity contribution in [3.8, 4) is 0 Å². The number of hydrogen-bond donors (Lipinski definition) is 2. The van der Waals surface area contributed by atoms with Gasteiger partial charge in [0.2, 0.25) is 11.8 Å². The first kappa shape index (κ1) is 17.1. The lowest BCUT2D eigenvalue weighted by Crippen LogP contribution is -2.40. The maximum atomic E-state index is 12.4. The minimum absolute atomic E-state index is 0.189. The number of nitrogens with one attached hydrogen (secondary N) is 2. The molecule has 0 unspecified atom stereocenters. The Morgan fingerprint density at radius 1 is 1.18 bits per heavy atom. The summed E-state index contributed by atoms with van der Waals surface area (Å²) >= 11 is 11.9. The van der Waals surface area contributed by atoms with Crippen LogP contribution in [0, 0.1) is 5.41 Å². The lowest BCUT2D eigenvalue weighted by Gasteiger charge is -2.16. The van der Waals surface area contributed by atoms with Crippen molar-refractivity contribution in [2.24, 2.45) is 5.41 Å². The van der Waals surface area contributed by atoms with Gasteiger partial charge in [-0.15, -0.1) is 0 Å². The van der Waals surface area contributed by atoms with E-state index in [0.29, 0.717) is 35.1 Å². The molecule has 1 saturated carbocycles. The Labute approximate surface area is 140 Å². The summed E-state index contributed by atoms with van der Waals surface area (Å²) in [7, 11) is 0. The summed E-state index contributed by atoms with van der Waals surface area (Å²) in [6, 6.07) is 4.84. The number of halogens is 2. The van der Waals surface area contributed by atoms with Gasteiger partial charge in [0, 0.05) is 11.6 Å². The molecule has 22 heavy (non-hydrogen) atoms. The van der Waals surface area contributed by atoms with Crippen molar-refractivity contribution in [1.29, 1.82) is 0 Å². The first-order valence-electron chi connectivity index (χ1n) is 7.54. The summed E-state index contributed by atoms with van der Waals surface area (Å²) in [4.78, 5) is 24.6. The summed E-state index contributed by atoms with van der Waals surface area (Å²) in [6.45, 7) is 2.72. The highest BCUT2D eigenvalue weighted by atomic mass is 35.5. The standard InChI is InChI=1S/C16H20Cl2N2O2/c1-2-3-4-9-19-14(21)16(7-8-16)15(22)20-13-6-5-11(17)10-12(13)18/h5-6,10H,2-4,7-9H2,1H3,(H,19,21)(H,20,22). The quantitative estimate of drug-likeness (QED) is 0.580. The molecule has 2 amide bonds. The molecule has 1 aliphatic rings. The zero-order valence-electron chi connectivity index (χ0n) is 12.5. The molecule has 0 bridgehead atoms. The normalized spacial score (nSPS) is 15.2. The Balaban J connectivity index is 1.95. The van der Waals surface area contributed by atoms with E-state index in [1.807, 2.05) is 0 Å². The molecular formula is C16H20Cl2N2O2. The molecule has 1 aromatic carbocycles. The van der Waals surface area contributed by atoms with Crippen molar-refractivity contribution in [2.45, 2.75) is 39.0 Å². The Bertz CT molecular complexity index is 571. The van der Waals surface area contributed by atoms with Crippen molar-refractivity contribution in [1.82, 2.24) is 5.32 Å². The SMILES string of the molecule is CCCCCNC(=O)C1(C(=O)Nc2ccc(Cl)cc2Cl)CC1. The summed E-state index contributed by atoms with van der Waals surface area (Å²) in [5.74, 6) is -0.490. The van der Waals surface area contributed by atoms with Crippen molar-refractivity contribution in [3.05, 3.63) is 28.2 Å². The molecule has 0 radical (unpaired) electrons. The number of carbonyl (C=O) groups is 2. The molecule has 0 saturated heterocycles. The van der Waals surface area contributed by atoms with Gasteiger partial charge < -0.3 is 10.6 Å². The van der Waals surface area contributed by atoms with Gasteiger partial charge in [0.1, 0.15) is 5.41 Å². The maximum absolute atomic E-state index is 12.4. The smallest absolute Gasteiger partial charge is 0.240 e. The molecule has 1 aromatic rings. The van der Waals surface area contributed by atoms with E-state index in [1.54, 1.807) is 18.2 Å². The number of unbranched alkanes of at least 4 members (excludes halogenated alkanes) is 2. The average Bonchev–Trinajstić information content (AvgIpc) is 3.28. The topological polar surface area (TPSA) is 58.2 Å². The number of anilines is 1. The van der Waals surface area contributed by atoms with Gasteiger partial charge in [-0.2, -0.15) is 0 Å². The van der Waals surface area contributed by atoms with E-state index in [-0.39, 0.29) is 11.8 Å². The summed E-state index contributed by atoms with van der Waals surface area (Å²) in [5.41, 5.74) is -0.462. The van der Waals surface area contributed by atoms with Crippen LogP contribution in [0.5, 0.6) is 0 Å². The number of amides is 2. The molecule has 2 N–H and O–H groups in total. The number of rotatable bonds is 7. The van der Waals surface area contributed by atoms with Gasteiger partial charge in [-0.05, 0) is 37.5 Å². The van der Waals surface area contributed by atoms with E-state index in [4.69, 9.17) is 23.2 Å². The van der Waals surface area contributed by atoms with Gasteiger partial charge >= 0.3 is 0 Å². The van der Waals surface area contributed by atoms with E-state index >= 15 is 0 Å². The fraction of sp³-hybridized carbons (Fsp3) is 0.500. The van der Waals surface area contributed by atoms with Crippen LogP contribution in [0.2, 0.25) is 10.0 Å². The summed E-state index contributed by atoms with van der Waals surface area (Å²) in [6.07, 6.45) is 4.24. The van der Waals surface area contributed by atoms with Crippen molar-refractivity contribution in [3.63, 3.8) is 0 Å². The highest BCUT2D eigenvalue weighted by Crippen LogP contribution is 2.47. The zero-order chi connectivity index (χ0) is 16.2. The van der Waals surface area contributed by atoms with Crippen LogP contribution in [-0.2, 0) is 9.59 Å². The fourth-order valence-electron chi connectivity index (χ4n) is 2.26. The number of carbonyl (C=O) groups excluding carboxylic acids is 2. The second-order valence-electron chi connectivity index (χ2n) is 5.62. The Morgan fingerprint density at radius 2 is 1.91 bits per heavy atom. The van der Waals surface area contributed by atoms with E-state index in [1.165, 1.54) is 0 Å². The minimum Gasteiger partial charge on any atom is -0.355 e. The monoisotopic (exact) mass is 342 g/mol. The van der Waals surface area contributed by atoms with Crippen LogP contribution >= 0.6 is 23.2 Å². The molecule has 4 nitrogen and oxygen atoms in total. The third-order valence-corrected chi connectivity index (χ3v) is 4.41. The highest BCUT2D eigenvalue weighted by Gasteiger charge is 2.56. The van der Waals surface area contributed by atoms with E-state index in [0.717, 1.165) is 19.3 Å². The first-order valence-corrected chi connectivity index (χ1v) is 8.30. The van der Waals surface area contributed by atoms with Crippen molar-refractivity contribution >= 4 is 40.7 Å². The first-order chi connectivity index (χ1) is 10.5. The molecular weight excluding hydrogens is 323 g/mol. The zero-order valence-corrected chi connectivity index (χ0v) is 14.1. The lowest BCUT2D eigenvalue weighted by molar-refractivity contribution is -0.134. The second-order valence-corrected chi connectivity index (χ2v) is 6.47. The van der Waals surface area contributed by atoms with Crippen LogP contribution in [-0.4, -0.2) is 18.4 Å². The molecule has 6 heteroatoms. The average molecular weight is 343 g/mol. The van der Waals surface area contributed by atoms with E-state index < -0.39 is 5.41 Å². The Kier molecular flexibility index (Phi) is 5.70. The molecule has 0 heterocycles. The summed E-state index contributed by atoms with van der Waals surface area (Å²) in [5, 5.41) is 6.45. The predicted molar refractivity (Wildman–Crippen MR) is 89.3 cm³/mol. The van der Waals surface area contributed by atoms with E-state index in [2.05, 4.69) is 17.6 Å². The molecule has 0 atom stereocenters. The van der Waals surface area contributed by atoms with Crippen molar-refractivity contribution < 1.29 is 9.59 Å². The van der Waals surface area contributed by atoms with Crippen LogP contribution in [0.15, 0.2) is 18.2 Å². The van der Waals surface area contributed by atoms with Gasteiger partial charge in [0.05, 0.1) is 10.7 Å². The molecule has 120 valence electrons. The van der Waals surface area contributed by atoms with Gasteiger partial charge in [0.25, 0.3) is 0 Å². The van der Waals surface area contributed by atoms with Crippen LogP contribution in [0.4, 0.5) is 5.69 Å². The summed E-state index contributed by atoms with van der Waals surface area (Å²) < 4.78 is 0. The third kappa shape index (κ3) is 3.93. The van der Waals surface area contributed by atoms with E-state index in [9.17, 15) is 9.59 Å². The molecule has 0 aromatic heterocycles. The van der Waals surface area contributed by atoms with Crippen molar-refractivity contribution in [2.75, 3.05) is 11.9 Å². The molecule has 2 rings (SSSR count). The molecule has 0 spiro atoms. The van der Waals surface area contributed by atoms with Crippen LogP contribution < -0.4 is 10.6 Å². The lowest BCUT2D eigenvalue weighted by atomic mass is 10.0. The second kappa shape index (κ2) is 7.34. The third-order valence-electron chi connectivity index (χ3n) is 3.86. The maximum Gasteiger partial charge on any atom is 0.240 e. The minimum atomic E-state index is -0.935. The van der Waals surface area contributed by atoms with Gasteiger partial charge in [-0.3, -0.25) is 9.59 Å². The highest BCUT2D eigenvalue weighted by molar-refractivity contribution is 6.36. The number of hydrogen-bond acceptors (Lipinski definition) is 2. The molecule has 1 aliphatic carbocycles. The van der Waals surface area contributed by atoms with Gasteiger partial charge in [0.15, 0.2) is 0 Å². The largest absolute Gasteiger partial charge is 0.355 e. The Morgan fingerprint density at radius 3 is 2.50 bits per heavy atom. The van der Waals surface area contributed by atoms with Crippen LogP contribution in [0.1, 0.15) is 39.0 Å². The number of benzene rings is 1. The predicted octanol–water partition coefficient (Wildman–Crippen LogP) is 4.02. The van der Waals surface area contributed by atoms with Crippen LogP contribution in [0.25, 0.3) is 0 Å². The fourth-order valence-corrected chi connectivity index (χ4v) is 2.72. The van der Waals surface area contributed by atoms with Crippen LogP contribution in [0.3, 0.4) is 0 Å². The molecule has 1 fully saturated rings. The Hall–Kier alpha value is -1.26.